The number of rotatable bonds is 8. The maximum absolute atomic E-state index is 12.8. The van der Waals surface area contributed by atoms with Gasteiger partial charge in [-0.2, -0.15) is 5.10 Å². The van der Waals surface area contributed by atoms with Crippen LogP contribution in [0.4, 0.5) is 0 Å². The van der Waals surface area contributed by atoms with Crippen molar-refractivity contribution in [3.63, 3.8) is 0 Å². The molecule has 0 aliphatic heterocycles. The second kappa shape index (κ2) is 11.4. The molecule has 5 aromatic rings. The van der Waals surface area contributed by atoms with Crippen LogP contribution in [0.3, 0.4) is 0 Å². The Hall–Kier alpha value is -5.57. The predicted octanol–water partition coefficient (Wildman–Crippen LogP) is 4.91. The van der Waals surface area contributed by atoms with Crippen LogP contribution in [0.1, 0.15) is 21.9 Å². The average Bonchev–Trinajstić information content (AvgIpc) is 3.65. The fraction of sp³-hybridized carbons (Fsp3) is 0. The summed E-state index contributed by atoms with van der Waals surface area (Å²) in [6.45, 7) is 0. The molecule has 2 aromatic heterocycles. The molecule has 0 aliphatic carbocycles. The maximum atomic E-state index is 12.8. The van der Waals surface area contributed by atoms with Crippen molar-refractivity contribution < 1.29 is 18.7 Å². The first kappa shape index (κ1) is 24.1. The molecule has 0 radical (unpaired) electrons. The van der Waals surface area contributed by atoms with E-state index >= 15 is 0 Å². The summed E-state index contributed by atoms with van der Waals surface area (Å²) in [4.78, 5) is 29.2. The minimum absolute atomic E-state index is 0.0188. The molecule has 0 aliphatic rings. The summed E-state index contributed by atoms with van der Waals surface area (Å²) in [6.07, 6.45) is 5.78. The van der Waals surface area contributed by atoms with Gasteiger partial charge in [0.05, 0.1) is 18.2 Å². The van der Waals surface area contributed by atoms with E-state index in [-0.39, 0.29) is 5.82 Å². The van der Waals surface area contributed by atoms with Crippen molar-refractivity contribution in [1.29, 1.82) is 0 Å². The maximum Gasteiger partial charge on any atom is 0.336 e. The summed E-state index contributed by atoms with van der Waals surface area (Å²) in [6, 6.07) is 29.1. The summed E-state index contributed by atoms with van der Waals surface area (Å²) >= 11 is 0. The van der Waals surface area contributed by atoms with Gasteiger partial charge in [-0.05, 0) is 60.2 Å². The van der Waals surface area contributed by atoms with Gasteiger partial charge in [-0.1, -0.05) is 48.5 Å². The van der Waals surface area contributed by atoms with Crippen LogP contribution in [0.5, 0.6) is 5.75 Å². The van der Waals surface area contributed by atoms with E-state index < -0.39 is 11.9 Å². The lowest BCUT2D eigenvalue weighted by Crippen LogP contribution is -2.19. The molecule has 0 saturated heterocycles. The Kier molecular flexibility index (Phi) is 7.27. The zero-order valence-corrected chi connectivity index (χ0v) is 20.0. The Morgan fingerprint density at radius 2 is 1.63 bits per heavy atom. The van der Waals surface area contributed by atoms with Crippen molar-refractivity contribution >= 4 is 24.2 Å². The van der Waals surface area contributed by atoms with Crippen molar-refractivity contribution in [2.24, 2.45) is 5.10 Å². The van der Waals surface area contributed by atoms with Crippen molar-refractivity contribution in [2.45, 2.75) is 0 Å². The standard InChI is InChI=1S/C29H21N5O4/c35-26(18-17-24-12-7-19-37-24)38-25-15-13-21(14-16-25)20-30-32-29(36)27-31-28(22-8-3-1-4-9-22)34(33-27)23-10-5-2-6-11-23/h1-20H,(H,32,36)/b18-17-,30-20+. The summed E-state index contributed by atoms with van der Waals surface area (Å²) in [5.41, 5.74) is 4.74. The fourth-order valence-electron chi connectivity index (χ4n) is 3.46. The molecule has 0 spiro atoms. The van der Waals surface area contributed by atoms with Crippen molar-refractivity contribution in [2.75, 3.05) is 0 Å². The summed E-state index contributed by atoms with van der Waals surface area (Å²) in [7, 11) is 0. The number of nitrogens with zero attached hydrogens (tertiary/aromatic N) is 4. The van der Waals surface area contributed by atoms with E-state index in [0.717, 1.165) is 11.3 Å². The number of carbonyl (C=O) groups is 2. The fourth-order valence-corrected chi connectivity index (χ4v) is 3.46. The lowest BCUT2D eigenvalue weighted by molar-refractivity contribution is -0.128. The number of hydrogen-bond acceptors (Lipinski definition) is 7. The van der Waals surface area contributed by atoms with E-state index in [4.69, 9.17) is 9.15 Å². The van der Waals surface area contributed by atoms with Crippen LogP contribution in [-0.2, 0) is 4.79 Å². The van der Waals surface area contributed by atoms with Crippen molar-refractivity contribution in [3.8, 4) is 22.8 Å². The number of hydrogen-bond donors (Lipinski definition) is 1. The van der Waals surface area contributed by atoms with Crippen LogP contribution in [0.2, 0.25) is 0 Å². The molecule has 9 nitrogen and oxygen atoms in total. The van der Waals surface area contributed by atoms with Gasteiger partial charge in [-0.15, -0.1) is 5.10 Å². The van der Waals surface area contributed by atoms with Crippen LogP contribution >= 0.6 is 0 Å². The van der Waals surface area contributed by atoms with Crippen LogP contribution in [0, 0.1) is 0 Å². The Balaban J connectivity index is 1.23. The third-order valence-corrected chi connectivity index (χ3v) is 5.25. The van der Waals surface area contributed by atoms with Crippen molar-refractivity contribution in [3.05, 3.63) is 127 Å². The number of para-hydroxylation sites is 1. The molecule has 38 heavy (non-hydrogen) atoms. The quantitative estimate of drug-likeness (QED) is 0.106. The van der Waals surface area contributed by atoms with Gasteiger partial charge in [0.1, 0.15) is 11.5 Å². The van der Waals surface area contributed by atoms with E-state index in [2.05, 4.69) is 20.6 Å². The van der Waals surface area contributed by atoms with E-state index in [1.54, 1.807) is 41.1 Å². The minimum atomic E-state index is -0.554. The second-order valence-corrected chi connectivity index (χ2v) is 7.91. The van der Waals surface area contributed by atoms with Crippen molar-refractivity contribution in [1.82, 2.24) is 20.2 Å². The number of ether oxygens (including phenoxy) is 1. The van der Waals surface area contributed by atoms with Gasteiger partial charge in [-0.3, -0.25) is 4.79 Å². The molecule has 0 saturated carbocycles. The van der Waals surface area contributed by atoms with Crippen LogP contribution in [0.25, 0.3) is 23.2 Å². The highest BCUT2D eigenvalue weighted by Crippen LogP contribution is 2.21. The third-order valence-electron chi connectivity index (χ3n) is 5.25. The normalized spacial score (nSPS) is 11.2. The molecular formula is C29H21N5O4. The zero-order chi connectivity index (χ0) is 26.2. The number of amides is 1. The van der Waals surface area contributed by atoms with E-state index in [1.165, 1.54) is 24.6 Å². The first-order valence-corrected chi connectivity index (χ1v) is 11.6. The number of nitrogens with one attached hydrogen (secondary N) is 1. The second-order valence-electron chi connectivity index (χ2n) is 7.91. The van der Waals surface area contributed by atoms with Gasteiger partial charge in [0, 0.05) is 11.6 Å². The lowest BCUT2D eigenvalue weighted by Gasteiger charge is -2.05. The monoisotopic (exact) mass is 503 g/mol. The third kappa shape index (κ3) is 5.97. The molecule has 186 valence electrons. The largest absolute Gasteiger partial charge is 0.465 e. The number of esters is 1. The highest BCUT2D eigenvalue weighted by molar-refractivity contribution is 5.92. The molecule has 0 unspecified atom stereocenters. The van der Waals surface area contributed by atoms with Crippen LogP contribution in [0.15, 0.2) is 119 Å². The van der Waals surface area contributed by atoms with E-state index in [9.17, 15) is 9.59 Å². The number of aromatic nitrogens is 3. The van der Waals surface area contributed by atoms with E-state index in [0.29, 0.717) is 22.9 Å². The molecule has 0 atom stereocenters. The Labute approximate surface area is 217 Å². The first-order chi connectivity index (χ1) is 18.7. The number of benzene rings is 3. The number of furan rings is 1. The zero-order valence-electron chi connectivity index (χ0n) is 20.0. The lowest BCUT2D eigenvalue weighted by atomic mass is 10.2. The molecule has 2 heterocycles. The summed E-state index contributed by atoms with van der Waals surface area (Å²) in [5, 5.41) is 8.42. The van der Waals surface area contributed by atoms with Gasteiger partial charge < -0.3 is 9.15 Å². The first-order valence-electron chi connectivity index (χ1n) is 11.6. The Morgan fingerprint density at radius 3 is 2.34 bits per heavy atom. The Bertz CT molecular complexity index is 1520. The van der Waals surface area contributed by atoms with Gasteiger partial charge in [0.2, 0.25) is 5.82 Å². The number of hydrazone groups is 1. The highest BCUT2D eigenvalue weighted by atomic mass is 16.5. The van der Waals surface area contributed by atoms with Crippen LogP contribution < -0.4 is 10.2 Å². The van der Waals surface area contributed by atoms with E-state index in [1.807, 2.05) is 60.7 Å². The molecule has 3 aromatic carbocycles. The smallest absolute Gasteiger partial charge is 0.336 e. The molecule has 9 heteroatoms. The SMILES string of the molecule is O=C(/C=C\c1ccco1)Oc1ccc(/C=N/NC(=O)c2nc(-c3ccccc3)n(-c3ccccc3)n2)cc1. The molecule has 0 fully saturated rings. The van der Waals surface area contributed by atoms with Gasteiger partial charge >= 0.3 is 11.9 Å². The molecule has 1 amide bonds. The Morgan fingerprint density at radius 1 is 0.895 bits per heavy atom. The average molecular weight is 504 g/mol. The minimum Gasteiger partial charge on any atom is -0.465 e. The molecule has 5 rings (SSSR count). The topological polar surface area (TPSA) is 112 Å². The number of carbonyl (C=O) groups excluding carboxylic acids is 2. The van der Waals surface area contributed by atoms with Gasteiger partial charge in [0.25, 0.3) is 0 Å². The summed E-state index contributed by atoms with van der Waals surface area (Å²) < 4.78 is 12.0. The van der Waals surface area contributed by atoms with Crippen LogP contribution in [-0.4, -0.2) is 32.9 Å². The predicted molar refractivity (Wildman–Crippen MR) is 142 cm³/mol. The molecular weight excluding hydrogens is 482 g/mol. The summed E-state index contributed by atoms with van der Waals surface area (Å²) in [5.74, 6) is 0.345. The van der Waals surface area contributed by atoms with Gasteiger partial charge in [0.15, 0.2) is 5.82 Å². The molecule has 0 bridgehead atoms. The van der Waals surface area contributed by atoms with Gasteiger partial charge in [-0.25, -0.2) is 19.9 Å². The molecule has 1 N–H and O–H groups in total. The highest BCUT2D eigenvalue weighted by Gasteiger charge is 2.18.